The largest absolute Gasteiger partial charge is 0.395 e. The third-order valence-corrected chi connectivity index (χ3v) is 3.05. The van der Waals surface area contributed by atoms with Crippen molar-refractivity contribution < 1.29 is 5.11 Å². The summed E-state index contributed by atoms with van der Waals surface area (Å²) in [4.78, 5) is 2.24. The van der Waals surface area contributed by atoms with Crippen LogP contribution in [0.4, 0.5) is 0 Å². The van der Waals surface area contributed by atoms with Gasteiger partial charge in [0.15, 0.2) is 0 Å². The summed E-state index contributed by atoms with van der Waals surface area (Å²) in [7, 11) is 0. The van der Waals surface area contributed by atoms with Crippen LogP contribution in [0, 0.1) is 0 Å². The monoisotopic (exact) mass is 239 g/mol. The van der Waals surface area contributed by atoms with Crippen molar-refractivity contribution in [3.05, 3.63) is 18.0 Å². The van der Waals surface area contributed by atoms with Gasteiger partial charge in [0, 0.05) is 25.3 Å². The molecule has 0 spiro atoms. The predicted octanol–water partition coefficient (Wildman–Crippen LogP) is 2.06. The molecule has 1 unspecified atom stereocenters. The summed E-state index contributed by atoms with van der Waals surface area (Å²) in [6.45, 7) is 9.28. The van der Waals surface area contributed by atoms with Crippen molar-refractivity contribution >= 4 is 0 Å². The van der Waals surface area contributed by atoms with E-state index in [2.05, 4.69) is 36.8 Å². The number of nitrogens with zero attached hydrogens (tertiary/aromatic N) is 3. The summed E-state index contributed by atoms with van der Waals surface area (Å²) in [6.07, 6.45) is 4.25. The summed E-state index contributed by atoms with van der Waals surface area (Å²) in [5.74, 6) is 0. The Morgan fingerprint density at radius 2 is 2.18 bits per heavy atom. The van der Waals surface area contributed by atoms with Crippen LogP contribution in [0.5, 0.6) is 0 Å². The number of rotatable bonds is 8. The molecule has 0 aliphatic carbocycles. The molecule has 0 fully saturated rings. The maximum atomic E-state index is 9.01. The van der Waals surface area contributed by atoms with Gasteiger partial charge in [-0.05, 0) is 32.4 Å². The van der Waals surface area contributed by atoms with Crippen molar-refractivity contribution in [2.24, 2.45) is 0 Å². The second kappa shape index (κ2) is 7.45. The highest BCUT2D eigenvalue weighted by atomic mass is 16.3. The van der Waals surface area contributed by atoms with E-state index in [1.165, 1.54) is 0 Å². The van der Waals surface area contributed by atoms with Crippen molar-refractivity contribution in [2.75, 3.05) is 19.7 Å². The lowest BCUT2D eigenvalue weighted by molar-refractivity contribution is 0.188. The molecule has 0 radical (unpaired) electrons. The third kappa shape index (κ3) is 4.48. The van der Waals surface area contributed by atoms with Gasteiger partial charge in [0.1, 0.15) is 0 Å². The van der Waals surface area contributed by atoms with E-state index in [0.717, 1.165) is 38.2 Å². The lowest BCUT2D eigenvalue weighted by atomic mass is 10.3. The molecule has 0 saturated heterocycles. The molecule has 1 aromatic rings. The molecular weight excluding hydrogens is 214 g/mol. The molecule has 4 heteroatoms. The Balaban J connectivity index is 2.56. The van der Waals surface area contributed by atoms with E-state index in [1.807, 2.05) is 10.9 Å². The number of aliphatic hydroxyl groups is 1. The number of aliphatic hydroxyl groups excluding tert-OH is 1. The molecule has 0 aliphatic rings. The van der Waals surface area contributed by atoms with Gasteiger partial charge in [0.2, 0.25) is 0 Å². The quantitative estimate of drug-likeness (QED) is 0.755. The van der Waals surface area contributed by atoms with Crippen molar-refractivity contribution in [1.29, 1.82) is 0 Å². The topological polar surface area (TPSA) is 41.3 Å². The van der Waals surface area contributed by atoms with Crippen molar-refractivity contribution in [1.82, 2.24) is 14.7 Å². The maximum absolute atomic E-state index is 9.01. The van der Waals surface area contributed by atoms with Crippen LogP contribution >= 0.6 is 0 Å². The molecule has 0 saturated carbocycles. The molecule has 17 heavy (non-hydrogen) atoms. The smallest absolute Gasteiger partial charge is 0.0764 e. The second-order valence-corrected chi connectivity index (χ2v) is 4.54. The van der Waals surface area contributed by atoms with Crippen LogP contribution in [-0.4, -0.2) is 39.5 Å². The van der Waals surface area contributed by atoms with Gasteiger partial charge in [-0.2, -0.15) is 5.10 Å². The minimum absolute atomic E-state index is 0.214. The maximum Gasteiger partial charge on any atom is 0.0764 e. The minimum atomic E-state index is 0.214. The van der Waals surface area contributed by atoms with Gasteiger partial charge >= 0.3 is 0 Å². The second-order valence-electron chi connectivity index (χ2n) is 4.54. The molecule has 0 aliphatic heterocycles. The van der Waals surface area contributed by atoms with Crippen molar-refractivity contribution in [2.45, 2.75) is 46.2 Å². The molecule has 0 amide bonds. The summed E-state index contributed by atoms with van der Waals surface area (Å²) in [5.41, 5.74) is 1.09. The first-order valence-electron chi connectivity index (χ1n) is 6.58. The van der Waals surface area contributed by atoms with Crippen LogP contribution in [-0.2, 0) is 6.54 Å². The fourth-order valence-corrected chi connectivity index (χ4v) is 1.85. The number of hydrogen-bond acceptors (Lipinski definition) is 3. The molecule has 98 valence electrons. The average Bonchev–Trinajstić information content (AvgIpc) is 2.77. The van der Waals surface area contributed by atoms with E-state index in [-0.39, 0.29) is 6.61 Å². The summed E-state index contributed by atoms with van der Waals surface area (Å²) in [6, 6.07) is 2.54. The highest BCUT2D eigenvalue weighted by Crippen LogP contribution is 2.10. The fourth-order valence-electron chi connectivity index (χ4n) is 1.85. The molecule has 1 aromatic heterocycles. The molecule has 1 rings (SSSR count). The van der Waals surface area contributed by atoms with E-state index < -0.39 is 0 Å². The van der Waals surface area contributed by atoms with Crippen LogP contribution in [0.25, 0.3) is 0 Å². The highest BCUT2D eigenvalue weighted by Gasteiger charge is 2.08. The molecule has 0 bridgehead atoms. The van der Waals surface area contributed by atoms with Gasteiger partial charge in [0.25, 0.3) is 0 Å². The first-order chi connectivity index (χ1) is 8.21. The predicted molar refractivity (Wildman–Crippen MR) is 69.9 cm³/mol. The standard InChI is InChI=1S/C13H25N3O/c1-4-7-15(9-10-17)11-13-6-8-16(14-13)12(3)5-2/h6,8,12,17H,4-5,7,9-11H2,1-3H3. The van der Waals surface area contributed by atoms with Gasteiger partial charge in [-0.15, -0.1) is 0 Å². The summed E-state index contributed by atoms with van der Waals surface area (Å²) < 4.78 is 2.03. The van der Waals surface area contributed by atoms with Gasteiger partial charge < -0.3 is 5.11 Å². The van der Waals surface area contributed by atoms with Crippen LogP contribution in [0.1, 0.15) is 45.3 Å². The van der Waals surface area contributed by atoms with E-state index in [0.29, 0.717) is 6.04 Å². The Morgan fingerprint density at radius 3 is 2.76 bits per heavy atom. The Labute approximate surface area is 104 Å². The highest BCUT2D eigenvalue weighted by molar-refractivity contribution is 4.99. The van der Waals surface area contributed by atoms with Crippen molar-refractivity contribution in [3.63, 3.8) is 0 Å². The van der Waals surface area contributed by atoms with Crippen LogP contribution < -0.4 is 0 Å². The summed E-state index contributed by atoms with van der Waals surface area (Å²) >= 11 is 0. The lowest BCUT2D eigenvalue weighted by Gasteiger charge is -2.19. The minimum Gasteiger partial charge on any atom is -0.395 e. The third-order valence-electron chi connectivity index (χ3n) is 3.05. The van der Waals surface area contributed by atoms with Gasteiger partial charge in [0.05, 0.1) is 12.3 Å². The lowest BCUT2D eigenvalue weighted by Crippen LogP contribution is -2.27. The van der Waals surface area contributed by atoms with Gasteiger partial charge in [-0.25, -0.2) is 0 Å². The number of hydrogen-bond donors (Lipinski definition) is 1. The Bertz CT molecular complexity index is 305. The van der Waals surface area contributed by atoms with E-state index in [9.17, 15) is 0 Å². The molecule has 1 atom stereocenters. The van der Waals surface area contributed by atoms with E-state index in [1.54, 1.807) is 0 Å². The molecule has 1 heterocycles. The van der Waals surface area contributed by atoms with E-state index in [4.69, 9.17) is 5.11 Å². The summed E-state index contributed by atoms with van der Waals surface area (Å²) in [5, 5.41) is 13.6. The van der Waals surface area contributed by atoms with Crippen LogP contribution in [0.2, 0.25) is 0 Å². The van der Waals surface area contributed by atoms with Crippen LogP contribution in [0.3, 0.4) is 0 Å². The average molecular weight is 239 g/mol. The molecule has 0 aromatic carbocycles. The normalized spacial score (nSPS) is 13.2. The van der Waals surface area contributed by atoms with Crippen LogP contribution in [0.15, 0.2) is 12.3 Å². The molecule has 1 N–H and O–H groups in total. The van der Waals surface area contributed by atoms with E-state index >= 15 is 0 Å². The first-order valence-corrected chi connectivity index (χ1v) is 6.58. The molecular formula is C13H25N3O. The zero-order chi connectivity index (χ0) is 12.7. The van der Waals surface area contributed by atoms with Gasteiger partial charge in [-0.1, -0.05) is 13.8 Å². The van der Waals surface area contributed by atoms with Gasteiger partial charge in [-0.3, -0.25) is 9.58 Å². The first kappa shape index (κ1) is 14.2. The Morgan fingerprint density at radius 1 is 1.41 bits per heavy atom. The SMILES string of the molecule is CCCN(CCO)Cc1ccn(C(C)CC)n1. The number of aromatic nitrogens is 2. The Hall–Kier alpha value is -0.870. The zero-order valence-corrected chi connectivity index (χ0v) is 11.3. The zero-order valence-electron chi connectivity index (χ0n) is 11.3. The fraction of sp³-hybridized carbons (Fsp3) is 0.769. The Kier molecular flexibility index (Phi) is 6.22. The molecule has 4 nitrogen and oxygen atoms in total. The van der Waals surface area contributed by atoms with Crippen molar-refractivity contribution in [3.8, 4) is 0 Å².